The van der Waals surface area contributed by atoms with Crippen LogP contribution >= 0.6 is 0 Å². The van der Waals surface area contributed by atoms with Gasteiger partial charge in [0.15, 0.2) is 0 Å². The number of aromatic amines is 1. The lowest BCUT2D eigenvalue weighted by Gasteiger charge is -2.22. The molecule has 1 fully saturated rings. The molecule has 150 valence electrons. The van der Waals surface area contributed by atoms with Crippen LogP contribution in [0.2, 0.25) is 0 Å². The van der Waals surface area contributed by atoms with E-state index in [2.05, 4.69) is 26.0 Å². The van der Waals surface area contributed by atoms with Crippen molar-refractivity contribution in [2.75, 3.05) is 6.54 Å². The molecule has 4 rings (SSSR count). The number of alkyl carbamates (subject to hydrolysis) is 1. The van der Waals surface area contributed by atoms with E-state index in [1.807, 2.05) is 54.6 Å². The van der Waals surface area contributed by atoms with Gasteiger partial charge in [0.2, 0.25) is 0 Å². The molecular weight excluding hydrogens is 370 g/mol. The summed E-state index contributed by atoms with van der Waals surface area (Å²) >= 11 is 0. The number of nitrogens with one attached hydrogen (secondary N) is 3. The first kappa shape index (κ1) is 19.1. The molecule has 3 atom stereocenters. The van der Waals surface area contributed by atoms with Gasteiger partial charge < -0.3 is 20.5 Å². The number of β-amino-alcohol motifs (C(OH)–C–C–N with tert-alkyl or cyclic N) is 1. The molecule has 1 aromatic heterocycles. The van der Waals surface area contributed by atoms with Gasteiger partial charge in [0.1, 0.15) is 17.9 Å². The molecule has 0 aliphatic carbocycles. The number of ether oxygens (including phenoxy) is 1. The van der Waals surface area contributed by atoms with Crippen LogP contribution in [-0.4, -0.2) is 51.4 Å². The highest BCUT2D eigenvalue weighted by Gasteiger charge is 2.37. The summed E-state index contributed by atoms with van der Waals surface area (Å²) < 4.78 is 5.53. The van der Waals surface area contributed by atoms with Crippen molar-refractivity contribution in [3.63, 3.8) is 0 Å². The minimum Gasteiger partial charge on any atom is -0.442 e. The molecule has 8 nitrogen and oxygen atoms in total. The van der Waals surface area contributed by atoms with Crippen LogP contribution < -0.4 is 10.6 Å². The van der Waals surface area contributed by atoms with Crippen molar-refractivity contribution in [3.05, 3.63) is 71.9 Å². The lowest BCUT2D eigenvalue weighted by molar-refractivity contribution is 0.0188. The van der Waals surface area contributed by atoms with E-state index < -0.39 is 18.3 Å². The van der Waals surface area contributed by atoms with Crippen molar-refractivity contribution in [1.29, 1.82) is 0 Å². The van der Waals surface area contributed by atoms with Crippen LogP contribution in [-0.2, 0) is 17.7 Å². The minimum atomic E-state index is -0.739. The first-order valence-corrected chi connectivity index (χ1v) is 9.54. The fourth-order valence-electron chi connectivity index (χ4n) is 3.47. The van der Waals surface area contributed by atoms with Crippen LogP contribution in [0.3, 0.4) is 0 Å². The molecule has 0 spiro atoms. The maximum absolute atomic E-state index is 12.2. The van der Waals surface area contributed by atoms with Gasteiger partial charge in [-0.2, -0.15) is 0 Å². The zero-order valence-electron chi connectivity index (χ0n) is 15.8. The first-order valence-electron chi connectivity index (χ1n) is 9.54. The van der Waals surface area contributed by atoms with Crippen molar-refractivity contribution in [2.24, 2.45) is 0 Å². The number of H-pyrrole nitrogens is 1. The van der Waals surface area contributed by atoms with Crippen LogP contribution in [0.1, 0.15) is 11.1 Å². The van der Waals surface area contributed by atoms with Crippen molar-refractivity contribution >= 4 is 6.09 Å². The second-order valence-corrected chi connectivity index (χ2v) is 7.05. The Balaban J connectivity index is 1.34. The third kappa shape index (κ3) is 4.79. The Morgan fingerprint density at radius 1 is 1.14 bits per heavy atom. The molecule has 2 heterocycles. The summed E-state index contributed by atoms with van der Waals surface area (Å²) in [6.45, 7) is 0.766. The Bertz CT molecular complexity index is 915. The average Bonchev–Trinajstić information content (AvgIpc) is 3.40. The largest absolute Gasteiger partial charge is 0.442 e. The summed E-state index contributed by atoms with van der Waals surface area (Å²) in [5, 5.41) is 26.6. The number of amides is 1. The molecule has 0 saturated carbocycles. The van der Waals surface area contributed by atoms with Gasteiger partial charge in [-0.25, -0.2) is 4.79 Å². The molecular formula is C21H23N5O3. The predicted octanol–water partition coefficient (Wildman–Crippen LogP) is 1.64. The number of aliphatic hydroxyl groups excluding tert-OH is 1. The summed E-state index contributed by atoms with van der Waals surface area (Å²) in [4.78, 5) is 12.2. The molecule has 4 N–H and O–H groups in total. The third-order valence-corrected chi connectivity index (χ3v) is 5.01. The van der Waals surface area contributed by atoms with Crippen molar-refractivity contribution in [2.45, 2.75) is 31.2 Å². The quantitative estimate of drug-likeness (QED) is 0.507. The van der Waals surface area contributed by atoms with Gasteiger partial charge in [-0.1, -0.05) is 59.8 Å². The standard InChI is InChI=1S/C21H23N5O3/c27-19-13-22-17(10-14-6-8-16(9-7-14)18-12-24-26-25-18)20(19)29-21(28)23-11-15-4-2-1-3-5-15/h1-9,12,17,19-20,22,27H,10-11,13H2,(H,23,28)(H,24,25,26)/t17-,19+,20+/m1/s1. The smallest absolute Gasteiger partial charge is 0.407 e. The van der Waals surface area contributed by atoms with Gasteiger partial charge in [0.05, 0.1) is 6.04 Å². The van der Waals surface area contributed by atoms with E-state index in [4.69, 9.17) is 4.74 Å². The summed E-state index contributed by atoms with van der Waals surface area (Å²) in [5.41, 5.74) is 3.80. The van der Waals surface area contributed by atoms with E-state index in [1.165, 1.54) is 0 Å². The number of hydrogen-bond acceptors (Lipinski definition) is 6. The lowest BCUT2D eigenvalue weighted by Crippen LogP contribution is -2.41. The highest BCUT2D eigenvalue weighted by Crippen LogP contribution is 2.20. The minimum absolute atomic E-state index is 0.162. The zero-order chi connectivity index (χ0) is 20.1. The topological polar surface area (TPSA) is 112 Å². The number of carbonyl (C=O) groups is 1. The number of carbonyl (C=O) groups excluding carboxylic acids is 1. The molecule has 2 aromatic carbocycles. The normalized spacial score (nSPS) is 21.1. The SMILES string of the molecule is O=C(NCc1ccccc1)O[C@@H]1[C@@H](O)CN[C@@H]1Cc1ccc(-c2c[nH]nn2)cc1. The number of aromatic nitrogens is 3. The molecule has 3 aromatic rings. The third-order valence-electron chi connectivity index (χ3n) is 5.01. The Morgan fingerprint density at radius 3 is 2.66 bits per heavy atom. The Labute approximate surface area is 168 Å². The van der Waals surface area contributed by atoms with Crippen LogP contribution in [0.5, 0.6) is 0 Å². The molecule has 1 aliphatic rings. The van der Waals surface area contributed by atoms with Crippen LogP contribution in [0.25, 0.3) is 11.3 Å². The van der Waals surface area contributed by atoms with E-state index in [-0.39, 0.29) is 6.04 Å². The maximum atomic E-state index is 12.2. The first-order chi connectivity index (χ1) is 14.2. The number of rotatable bonds is 6. The monoisotopic (exact) mass is 393 g/mol. The Morgan fingerprint density at radius 2 is 1.93 bits per heavy atom. The second kappa shape index (κ2) is 8.85. The zero-order valence-corrected chi connectivity index (χ0v) is 15.8. The predicted molar refractivity (Wildman–Crippen MR) is 107 cm³/mol. The molecule has 0 radical (unpaired) electrons. The number of hydrogen-bond donors (Lipinski definition) is 4. The number of nitrogens with zero attached hydrogens (tertiary/aromatic N) is 2. The van der Waals surface area contributed by atoms with Gasteiger partial charge >= 0.3 is 6.09 Å². The summed E-state index contributed by atoms with van der Waals surface area (Å²) in [5.74, 6) is 0. The van der Waals surface area contributed by atoms with Gasteiger partial charge in [-0.05, 0) is 17.5 Å². The fraction of sp³-hybridized carbons (Fsp3) is 0.286. The van der Waals surface area contributed by atoms with Gasteiger partial charge in [-0.15, -0.1) is 5.10 Å². The van der Waals surface area contributed by atoms with Gasteiger partial charge in [-0.3, -0.25) is 5.10 Å². The molecule has 8 heteroatoms. The van der Waals surface area contributed by atoms with Crippen molar-refractivity contribution < 1.29 is 14.6 Å². The van der Waals surface area contributed by atoms with Crippen molar-refractivity contribution in [1.82, 2.24) is 26.0 Å². The highest BCUT2D eigenvalue weighted by atomic mass is 16.6. The van der Waals surface area contributed by atoms with Crippen LogP contribution in [0.15, 0.2) is 60.8 Å². The van der Waals surface area contributed by atoms with E-state index >= 15 is 0 Å². The summed E-state index contributed by atoms with van der Waals surface area (Å²) in [6.07, 6.45) is 0.486. The Kier molecular flexibility index (Phi) is 5.83. The molecule has 1 aliphatic heterocycles. The number of aliphatic hydroxyl groups is 1. The molecule has 1 amide bonds. The Hall–Kier alpha value is -3.23. The lowest BCUT2D eigenvalue weighted by atomic mass is 10.00. The average molecular weight is 393 g/mol. The molecule has 1 saturated heterocycles. The second-order valence-electron chi connectivity index (χ2n) is 7.05. The number of benzene rings is 2. The molecule has 0 unspecified atom stereocenters. The van der Waals surface area contributed by atoms with E-state index in [1.54, 1.807) is 6.20 Å². The highest BCUT2D eigenvalue weighted by molar-refractivity contribution is 5.67. The van der Waals surface area contributed by atoms with Crippen molar-refractivity contribution in [3.8, 4) is 11.3 Å². The van der Waals surface area contributed by atoms with E-state index in [0.717, 1.165) is 22.4 Å². The van der Waals surface area contributed by atoms with E-state index in [0.29, 0.717) is 19.5 Å². The van der Waals surface area contributed by atoms with Crippen LogP contribution in [0, 0.1) is 0 Å². The maximum Gasteiger partial charge on any atom is 0.407 e. The van der Waals surface area contributed by atoms with Gasteiger partial charge in [0, 0.05) is 24.8 Å². The fourth-order valence-corrected chi connectivity index (χ4v) is 3.47. The molecule has 0 bridgehead atoms. The summed E-state index contributed by atoms with van der Waals surface area (Å²) in [7, 11) is 0. The van der Waals surface area contributed by atoms with E-state index in [9.17, 15) is 9.90 Å². The summed E-state index contributed by atoms with van der Waals surface area (Å²) in [6, 6.07) is 17.4. The van der Waals surface area contributed by atoms with Gasteiger partial charge in [0.25, 0.3) is 0 Å². The molecule has 29 heavy (non-hydrogen) atoms. The van der Waals surface area contributed by atoms with Crippen LogP contribution in [0.4, 0.5) is 4.79 Å².